The van der Waals surface area contributed by atoms with Crippen LogP contribution in [0.2, 0.25) is 0 Å². The van der Waals surface area contributed by atoms with Gasteiger partial charge >= 0.3 is 0 Å². The van der Waals surface area contributed by atoms with E-state index in [1.165, 1.54) is 17.2 Å². The van der Waals surface area contributed by atoms with Gasteiger partial charge in [0.05, 0.1) is 6.61 Å². The molecule has 1 rings (SSSR count). The van der Waals surface area contributed by atoms with Gasteiger partial charge in [0.1, 0.15) is 0 Å². The van der Waals surface area contributed by atoms with Crippen LogP contribution in [-0.2, 0) is 0 Å². The molecule has 0 atom stereocenters. The van der Waals surface area contributed by atoms with Gasteiger partial charge in [-0.25, -0.2) is 4.98 Å². The van der Waals surface area contributed by atoms with E-state index in [0.717, 1.165) is 18.9 Å². The summed E-state index contributed by atoms with van der Waals surface area (Å²) in [5, 5.41) is 8.91. The highest BCUT2D eigenvalue weighted by molar-refractivity contribution is 5.94. The highest BCUT2D eigenvalue weighted by Gasteiger charge is 2.15. The third-order valence-electron chi connectivity index (χ3n) is 2.41. The number of halogens is 1. The molecule has 0 saturated carbocycles. The summed E-state index contributed by atoms with van der Waals surface area (Å²) in [6.45, 7) is 2.76. The van der Waals surface area contributed by atoms with Crippen molar-refractivity contribution in [3.63, 3.8) is 0 Å². The van der Waals surface area contributed by atoms with E-state index >= 15 is 0 Å². The predicted molar refractivity (Wildman–Crippen MR) is 62.1 cm³/mol. The zero-order valence-corrected chi connectivity index (χ0v) is 9.90. The van der Waals surface area contributed by atoms with Gasteiger partial charge < -0.3 is 10.0 Å². The normalized spacial score (nSPS) is 10.3. The summed E-state index contributed by atoms with van der Waals surface area (Å²) in [5.74, 6) is -0.941. The van der Waals surface area contributed by atoms with E-state index in [2.05, 4.69) is 4.98 Å². The molecule has 1 amide bonds. The highest BCUT2D eigenvalue weighted by atomic mass is 19.1. The molecule has 0 radical (unpaired) electrons. The lowest BCUT2D eigenvalue weighted by molar-refractivity contribution is 0.0718. The van der Waals surface area contributed by atoms with Crippen LogP contribution in [0, 0.1) is 5.95 Å². The number of carbonyl (C=O) groups is 1. The summed E-state index contributed by atoms with van der Waals surface area (Å²) in [7, 11) is 0. The van der Waals surface area contributed by atoms with Crippen LogP contribution in [0.25, 0.3) is 0 Å². The fourth-order valence-corrected chi connectivity index (χ4v) is 1.50. The molecule has 0 spiro atoms. The highest BCUT2D eigenvalue weighted by Crippen LogP contribution is 2.06. The van der Waals surface area contributed by atoms with Crippen LogP contribution in [-0.4, -0.2) is 40.6 Å². The largest absolute Gasteiger partial charge is 0.395 e. The van der Waals surface area contributed by atoms with Gasteiger partial charge in [-0.1, -0.05) is 13.3 Å². The Kier molecular flexibility index (Phi) is 5.56. The van der Waals surface area contributed by atoms with E-state index in [-0.39, 0.29) is 24.6 Å². The van der Waals surface area contributed by atoms with Gasteiger partial charge in [-0.05, 0) is 12.5 Å². The molecular formula is C12H17FN2O2. The third kappa shape index (κ3) is 4.11. The third-order valence-corrected chi connectivity index (χ3v) is 2.41. The first-order valence-corrected chi connectivity index (χ1v) is 5.70. The second kappa shape index (κ2) is 6.96. The van der Waals surface area contributed by atoms with Crippen molar-refractivity contribution in [2.24, 2.45) is 0 Å². The number of nitrogens with zero attached hydrogens (tertiary/aromatic N) is 2. The molecule has 1 aromatic rings. The number of rotatable bonds is 6. The summed E-state index contributed by atoms with van der Waals surface area (Å²) in [5.41, 5.74) is 0.266. The van der Waals surface area contributed by atoms with Crippen molar-refractivity contribution in [2.75, 3.05) is 19.7 Å². The molecule has 1 heterocycles. The Morgan fingerprint density at radius 3 is 2.88 bits per heavy atom. The minimum absolute atomic E-state index is 0.0942. The maximum Gasteiger partial charge on any atom is 0.254 e. The number of unbranched alkanes of at least 4 members (excludes halogenated alkanes) is 1. The van der Waals surface area contributed by atoms with E-state index in [0.29, 0.717) is 6.54 Å². The van der Waals surface area contributed by atoms with Crippen molar-refractivity contribution in [3.8, 4) is 0 Å². The summed E-state index contributed by atoms with van der Waals surface area (Å²) >= 11 is 0. The summed E-state index contributed by atoms with van der Waals surface area (Å²) in [6.07, 6.45) is 3.08. The van der Waals surface area contributed by atoms with E-state index in [1.54, 1.807) is 0 Å². The molecule has 1 aromatic heterocycles. The van der Waals surface area contributed by atoms with E-state index < -0.39 is 5.95 Å². The number of hydrogen-bond donors (Lipinski definition) is 1. The van der Waals surface area contributed by atoms with Gasteiger partial charge in [0, 0.05) is 30.9 Å². The number of carbonyl (C=O) groups excluding carboxylic acids is 1. The van der Waals surface area contributed by atoms with Crippen molar-refractivity contribution in [3.05, 3.63) is 29.8 Å². The Morgan fingerprint density at radius 2 is 2.29 bits per heavy atom. The zero-order chi connectivity index (χ0) is 12.7. The van der Waals surface area contributed by atoms with Crippen molar-refractivity contribution >= 4 is 5.91 Å². The smallest absolute Gasteiger partial charge is 0.254 e. The van der Waals surface area contributed by atoms with Gasteiger partial charge in [0.2, 0.25) is 5.95 Å². The molecule has 94 valence electrons. The number of aliphatic hydroxyl groups is 1. The van der Waals surface area contributed by atoms with Crippen LogP contribution in [0.15, 0.2) is 18.3 Å². The SMILES string of the molecule is CCCCN(CCO)C(=O)c1ccnc(F)c1. The van der Waals surface area contributed by atoms with E-state index in [1.807, 2.05) is 6.92 Å². The van der Waals surface area contributed by atoms with Crippen LogP contribution < -0.4 is 0 Å². The molecule has 4 nitrogen and oxygen atoms in total. The Balaban J connectivity index is 2.76. The Morgan fingerprint density at radius 1 is 1.53 bits per heavy atom. The number of hydrogen-bond acceptors (Lipinski definition) is 3. The maximum atomic E-state index is 12.9. The molecule has 0 fully saturated rings. The topological polar surface area (TPSA) is 53.4 Å². The Hall–Kier alpha value is -1.49. The lowest BCUT2D eigenvalue weighted by atomic mass is 10.2. The molecular weight excluding hydrogens is 223 g/mol. The Labute approximate surface area is 100 Å². The Bertz CT molecular complexity index is 371. The molecule has 0 unspecified atom stereocenters. The van der Waals surface area contributed by atoms with Crippen LogP contribution in [0.4, 0.5) is 4.39 Å². The van der Waals surface area contributed by atoms with Crippen molar-refractivity contribution in [1.29, 1.82) is 0 Å². The average molecular weight is 240 g/mol. The quantitative estimate of drug-likeness (QED) is 0.766. The summed E-state index contributed by atoms with van der Waals surface area (Å²) in [6, 6.07) is 2.58. The standard InChI is InChI=1S/C12H17FN2O2/c1-2-3-6-15(7-8-16)12(17)10-4-5-14-11(13)9-10/h4-5,9,16H,2-3,6-8H2,1H3. The van der Waals surface area contributed by atoms with Crippen molar-refractivity contribution < 1.29 is 14.3 Å². The first-order chi connectivity index (χ1) is 8.19. The van der Waals surface area contributed by atoms with Crippen molar-refractivity contribution in [1.82, 2.24) is 9.88 Å². The van der Waals surface area contributed by atoms with Crippen molar-refractivity contribution in [2.45, 2.75) is 19.8 Å². The van der Waals surface area contributed by atoms with Gasteiger partial charge in [-0.3, -0.25) is 4.79 Å². The van der Waals surface area contributed by atoms with Gasteiger partial charge in [0.15, 0.2) is 0 Å². The molecule has 5 heteroatoms. The average Bonchev–Trinajstić information content (AvgIpc) is 2.33. The van der Waals surface area contributed by atoms with Gasteiger partial charge in [0.25, 0.3) is 5.91 Å². The molecule has 0 aliphatic carbocycles. The molecule has 0 aliphatic heterocycles. The molecule has 0 aliphatic rings. The molecule has 1 N–H and O–H groups in total. The lowest BCUT2D eigenvalue weighted by Gasteiger charge is -2.21. The maximum absolute atomic E-state index is 12.9. The molecule has 0 saturated heterocycles. The lowest BCUT2D eigenvalue weighted by Crippen LogP contribution is -2.34. The number of aromatic nitrogens is 1. The second-order valence-corrected chi connectivity index (χ2v) is 3.74. The molecule has 0 aromatic carbocycles. The van der Waals surface area contributed by atoms with Gasteiger partial charge in [-0.15, -0.1) is 0 Å². The first-order valence-electron chi connectivity index (χ1n) is 5.70. The number of pyridine rings is 1. The van der Waals surface area contributed by atoms with Crippen LogP contribution in [0.5, 0.6) is 0 Å². The number of aliphatic hydroxyl groups excluding tert-OH is 1. The van der Waals surface area contributed by atoms with Crippen LogP contribution in [0.3, 0.4) is 0 Å². The number of amides is 1. The summed E-state index contributed by atoms with van der Waals surface area (Å²) < 4.78 is 12.9. The fraction of sp³-hybridized carbons (Fsp3) is 0.500. The first kappa shape index (κ1) is 13.6. The predicted octanol–water partition coefficient (Wildman–Crippen LogP) is 1.46. The minimum atomic E-state index is -0.671. The summed E-state index contributed by atoms with van der Waals surface area (Å²) in [4.78, 5) is 16.9. The van der Waals surface area contributed by atoms with Crippen LogP contribution >= 0.6 is 0 Å². The monoisotopic (exact) mass is 240 g/mol. The molecule has 0 bridgehead atoms. The van der Waals surface area contributed by atoms with Crippen LogP contribution in [0.1, 0.15) is 30.1 Å². The van der Waals surface area contributed by atoms with Gasteiger partial charge in [-0.2, -0.15) is 4.39 Å². The fourth-order valence-electron chi connectivity index (χ4n) is 1.50. The molecule has 17 heavy (non-hydrogen) atoms. The van der Waals surface area contributed by atoms with E-state index in [9.17, 15) is 9.18 Å². The van der Waals surface area contributed by atoms with E-state index in [4.69, 9.17) is 5.11 Å². The minimum Gasteiger partial charge on any atom is -0.395 e. The second-order valence-electron chi connectivity index (χ2n) is 3.74. The zero-order valence-electron chi connectivity index (χ0n) is 9.90.